The number of aliphatic hydroxyl groups is 1. The fraction of sp³-hybridized carbons (Fsp3) is 0.400. The van der Waals surface area contributed by atoms with E-state index in [2.05, 4.69) is 4.98 Å². The van der Waals surface area contributed by atoms with E-state index in [0.717, 1.165) is 23.2 Å². The van der Waals surface area contributed by atoms with Crippen molar-refractivity contribution < 1.29 is 14.2 Å². The average Bonchev–Trinajstić information content (AvgIpc) is 3.00. The standard InChI is InChI=1S/C15H15FN2O2/c16-9-1-2-10-12(5-9)13-6-17-8-18(13)15(10)11-3-4-20-7-14(11)19/h1-2,5-6,8,11,14-15,19H,3-4,7H2/t11-,14-,15?/m1/s1. The molecule has 20 heavy (non-hydrogen) atoms. The van der Waals surface area contributed by atoms with Gasteiger partial charge in [-0.3, -0.25) is 0 Å². The second kappa shape index (κ2) is 4.40. The van der Waals surface area contributed by atoms with Crippen molar-refractivity contribution >= 4 is 0 Å². The van der Waals surface area contributed by atoms with Crippen molar-refractivity contribution in [3.8, 4) is 11.3 Å². The highest BCUT2D eigenvalue weighted by atomic mass is 19.1. The van der Waals surface area contributed by atoms with Crippen LogP contribution in [0.2, 0.25) is 0 Å². The molecule has 1 unspecified atom stereocenters. The van der Waals surface area contributed by atoms with Gasteiger partial charge in [-0.05, 0) is 24.1 Å². The molecule has 4 rings (SSSR count). The van der Waals surface area contributed by atoms with Crippen LogP contribution in [0.1, 0.15) is 18.0 Å². The molecule has 0 saturated carbocycles. The van der Waals surface area contributed by atoms with Crippen molar-refractivity contribution in [1.82, 2.24) is 9.55 Å². The summed E-state index contributed by atoms with van der Waals surface area (Å²) in [6, 6.07) is 4.87. The molecule has 104 valence electrons. The summed E-state index contributed by atoms with van der Waals surface area (Å²) in [7, 11) is 0. The first-order valence-corrected chi connectivity index (χ1v) is 6.83. The molecule has 3 heterocycles. The third-order valence-electron chi connectivity index (χ3n) is 4.36. The van der Waals surface area contributed by atoms with Crippen molar-refractivity contribution in [3.05, 3.63) is 42.1 Å². The largest absolute Gasteiger partial charge is 0.390 e. The topological polar surface area (TPSA) is 47.3 Å². The molecule has 5 heteroatoms. The summed E-state index contributed by atoms with van der Waals surface area (Å²) in [5.41, 5.74) is 2.86. The van der Waals surface area contributed by atoms with Crippen LogP contribution < -0.4 is 0 Å². The molecular formula is C15H15FN2O2. The average molecular weight is 274 g/mol. The Morgan fingerprint density at radius 2 is 2.30 bits per heavy atom. The Morgan fingerprint density at radius 1 is 1.40 bits per heavy atom. The van der Waals surface area contributed by atoms with Gasteiger partial charge in [0.1, 0.15) is 5.82 Å². The molecule has 0 amide bonds. The van der Waals surface area contributed by atoms with Crippen LogP contribution in [0.5, 0.6) is 0 Å². The van der Waals surface area contributed by atoms with Gasteiger partial charge in [0.2, 0.25) is 0 Å². The molecule has 1 saturated heterocycles. The summed E-state index contributed by atoms with van der Waals surface area (Å²) >= 11 is 0. The molecule has 2 aliphatic heterocycles. The molecule has 4 nitrogen and oxygen atoms in total. The van der Waals surface area contributed by atoms with Gasteiger partial charge in [0.15, 0.2) is 0 Å². The normalized spacial score (nSPS) is 28.2. The highest BCUT2D eigenvalue weighted by Crippen LogP contribution is 2.45. The summed E-state index contributed by atoms with van der Waals surface area (Å²) in [6.07, 6.45) is 3.81. The molecule has 0 spiro atoms. The van der Waals surface area contributed by atoms with Crippen LogP contribution in [-0.2, 0) is 4.74 Å². The Balaban J connectivity index is 1.85. The van der Waals surface area contributed by atoms with Crippen LogP contribution in [-0.4, -0.2) is 34.0 Å². The van der Waals surface area contributed by atoms with Crippen LogP contribution >= 0.6 is 0 Å². The van der Waals surface area contributed by atoms with E-state index in [1.165, 1.54) is 6.07 Å². The van der Waals surface area contributed by atoms with Gasteiger partial charge in [-0.2, -0.15) is 0 Å². The smallest absolute Gasteiger partial charge is 0.123 e. The SMILES string of the molecule is O[C@@H]1COCC[C@H]1C1c2ccc(F)cc2-c2cncn21. The minimum absolute atomic E-state index is 0.0157. The van der Waals surface area contributed by atoms with Crippen LogP contribution in [0.3, 0.4) is 0 Å². The molecular weight excluding hydrogens is 259 g/mol. The van der Waals surface area contributed by atoms with E-state index >= 15 is 0 Å². The highest BCUT2D eigenvalue weighted by molar-refractivity contribution is 5.69. The van der Waals surface area contributed by atoms with Crippen molar-refractivity contribution in [2.24, 2.45) is 5.92 Å². The summed E-state index contributed by atoms with van der Waals surface area (Å²) < 4.78 is 20.9. The van der Waals surface area contributed by atoms with Crippen LogP contribution in [0, 0.1) is 11.7 Å². The summed E-state index contributed by atoms with van der Waals surface area (Å²) in [6.45, 7) is 1.01. The van der Waals surface area contributed by atoms with E-state index in [1.807, 2.05) is 10.6 Å². The zero-order chi connectivity index (χ0) is 13.7. The lowest BCUT2D eigenvalue weighted by Crippen LogP contribution is -2.37. The van der Waals surface area contributed by atoms with Gasteiger partial charge < -0.3 is 14.4 Å². The third kappa shape index (κ3) is 1.63. The Labute approximate surface area is 115 Å². The van der Waals surface area contributed by atoms with Gasteiger partial charge in [-0.25, -0.2) is 9.37 Å². The maximum absolute atomic E-state index is 13.5. The van der Waals surface area contributed by atoms with E-state index in [-0.39, 0.29) is 17.8 Å². The molecule has 2 aromatic rings. The first kappa shape index (κ1) is 12.1. The second-order valence-corrected chi connectivity index (χ2v) is 5.46. The lowest BCUT2D eigenvalue weighted by molar-refractivity contribution is -0.0540. The van der Waals surface area contributed by atoms with Gasteiger partial charge in [0.05, 0.1) is 37.0 Å². The maximum Gasteiger partial charge on any atom is 0.123 e. The Bertz CT molecular complexity index is 655. The summed E-state index contributed by atoms with van der Waals surface area (Å²) in [5.74, 6) is -0.173. The Kier molecular flexibility index (Phi) is 2.65. The monoisotopic (exact) mass is 274 g/mol. The number of aromatic nitrogens is 2. The minimum Gasteiger partial charge on any atom is -0.390 e. The Morgan fingerprint density at radius 3 is 3.15 bits per heavy atom. The van der Waals surface area contributed by atoms with Gasteiger partial charge >= 0.3 is 0 Å². The van der Waals surface area contributed by atoms with Crippen LogP contribution in [0.15, 0.2) is 30.7 Å². The second-order valence-electron chi connectivity index (χ2n) is 5.46. The van der Waals surface area contributed by atoms with Crippen molar-refractivity contribution in [1.29, 1.82) is 0 Å². The predicted molar refractivity (Wildman–Crippen MR) is 70.7 cm³/mol. The third-order valence-corrected chi connectivity index (χ3v) is 4.36. The summed E-state index contributed by atoms with van der Waals surface area (Å²) in [4.78, 5) is 4.17. The zero-order valence-corrected chi connectivity index (χ0v) is 10.9. The van der Waals surface area contributed by atoms with E-state index < -0.39 is 6.10 Å². The number of rotatable bonds is 1. The van der Waals surface area contributed by atoms with Crippen molar-refractivity contribution in [3.63, 3.8) is 0 Å². The molecule has 0 bridgehead atoms. The number of benzene rings is 1. The van der Waals surface area contributed by atoms with E-state index in [1.54, 1.807) is 18.6 Å². The number of hydrogen-bond donors (Lipinski definition) is 1. The van der Waals surface area contributed by atoms with Crippen molar-refractivity contribution in [2.75, 3.05) is 13.2 Å². The van der Waals surface area contributed by atoms with Gasteiger partial charge in [0, 0.05) is 18.1 Å². The van der Waals surface area contributed by atoms with Crippen LogP contribution in [0.4, 0.5) is 4.39 Å². The molecule has 0 aliphatic carbocycles. The highest BCUT2D eigenvalue weighted by Gasteiger charge is 2.39. The van der Waals surface area contributed by atoms with E-state index in [4.69, 9.17) is 4.74 Å². The predicted octanol–water partition coefficient (Wildman–Crippen LogP) is 1.99. The maximum atomic E-state index is 13.5. The van der Waals surface area contributed by atoms with Crippen LogP contribution in [0.25, 0.3) is 11.3 Å². The summed E-state index contributed by atoms with van der Waals surface area (Å²) in [5, 5.41) is 10.2. The number of imidazole rings is 1. The number of nitrogens with zero attached hydrogens (tertiary/aromatic N) is 2. The number of aliphatic hydroxyl groups excluding tert-OH is 1. The van der Waals surface area contributed by atoms with E-state index in [9.17, 15) is 9.50 Å². The molecule has 3 atom stereocenters. The number of hydrogen-bond acceptors (Lipinski definition) is 3. The number of fused-ring (bicyclic) bond motifs is 3. The fourth-order valence-electron chi connectivity index (χ4n) is 3.44. The molecule has 2 aliphatic rings. The van der Waals surface area contributed by atoms with Gasteiger partial charge in [-0.15, -0.1) is 0 Å². The van der Waals surface area contributed by atoms with Gasteiger partial charge in [0.25, 0.3) is 0 Å². The fourth-order valence-corrected chi connectivity index (χ4v) is 3.44. The quantitative estimate of drug-likeness (QED) is 0.865. The zero-order valence-electron chi connectivity index (χ0n) is 10.9. The lowest BCUT2D eigenvalue weighted by atomic mass is 9.85. The number of ether oxygens (including phenoxy) is 1. The molecule has 1 aromatic carbocycles. The molecule has 1 N–H and O–H groups in total. The molecule has 1 aromatic heterocycles. The first-order valence-electron chi connectivity index (χ1n) is 6.83. The van der Waals surface area contributed by atoms with Crippen molar-refractivity contribution in [2.45, 2.75) is 18.6 Å². The van der Waals surface area contributed by atoms with E-state index in [0.29, 0.717) is 13.2 Å². The minimum atomic E-state index is -0.500. The molecule has 1 fully saturated rings. The lowest BCUT2D eigenvalue weighted by Gasteiger charge is -2.33. The first-order chi connectivity index (χ1) is 9.75. The van der Waals surface area contributed by atoms with Gasteiger partial charge in [-0.1, -0.05) is 6.07 Å². The number of halogens is 1. The molecule has 0 radical (unpaired) electrons. The Hall–Kier alpha value is -1.72.